The summed E-state index contributed by atoms with van der Waals surface area (Å²) in [5.41, 5.74) is 7.76. The van der Waals surface area contributed by atoms with E-state index in [-0.39, 0.29) is 5.91 Å². The molecule has 0 bridgehead atoms. The molecule has 1 atom stereocenters. The number of aromatic nitrogens is 3. The first-order valence-electron chi connectivity index (χ1n) is 6.62. The van der Waals surface area contributed by atoms with Gasteiger partial charge in [-0.15, -0.1) is 0 Å². The van der Waals surface area contributed by atoms with Gasteiger partial charge in [0, 0.05) is 18.0 Å². The van der Waals surface area contributed by atoms with Crippen LogP contribution in [0.3, 0.4) is 0 Å². The quantitative estimate of drug-likeness (QED) is 0.627. The molecule has 0 saturated carbocycles. The molecule has 1 saturated heterocycles. The van der Waals surface area contributed by atoms with Crippen molar-refractivity contribution in [1.82, 2.24) is 20.5 Å². The number of hydrogen-bond donors (Lipinski definition) is 4. The van der Waals surface area contributed by atoms with Crippen LogP contribution < -0.4 is 16.4 Å². The average Bonchev–Trinajstić information content (AvgIpc) is 3.07. The van der Waals surface area contributed by atoms with E-state index in [4.69, 9.17) is 5.73 Å². The lowest BCUT2D eigenvalue weighted by atomic mass is 10.0. The van der Waals surface area contributed by atoms with Crippen LogP contribution in [-0.4, -0.2) is 34.2 Å². The second-order valence-corrected chi connectivity index (χ2v) is 5.76. The number of aromatic amines is 1. The minimum absolute atomic E-state index is 0.238. The van der Waals surface area contributed by atoms with Crippen molar-refractivity contribution in [3.8, 4) is 0 Å². The van der Waals surface area contributed by atoms with Crippen molar-refractivity contribution >= 4 is 33.3 Å². The molecular formula is C13H15BrN6O. The van der Waals surface area contributed by atoms with Gasteiger partial charge in [-0.05, 0) is 41.0 Å². The molecule has 8 heteroatoms. The van der Waals surface area contributed by atoms with Gasteiger partial charge in [-0.25, -0.2) is 4.98 Å². The van der Waals surface area contributed by atoms with Crippen LogP contribution in [0.2, 0.25) is 0 Å². The molecule has 0 aromatic carbocycles. The van der Waals surface area contributed by atoms with Gasteiger partial charge in [0.05, 0.1) is 17.6 Å². The van der Waals surface area contributed by atoms with E-state index in [1.807, 2.05) is 0 Å². The summed E-state index contributed by atoms with van der Waals surface area (Å²) < 4.78 is 0.528. The number of nitrogen functional groups attached to an aromatic ring is 1. The van der Waals surface area contributed by atoms with Crippen LogP contribution in [-0.2, 0) is 0 Å². The summed E-state index contributed by atoms with van der Waals surface area (Å²) in [6, 6.07) is 3.17. The number of nitrogens with two attached hydrogens (primary N) is 1. The predicted octanol–water partition coefficient (Wildman–Crippen LogP) is 1.48. The first-order valence-corrected chi connectivity index (χ1v) is 7.41. The highest BCUT2D eigenvalue weighted by Gasteiger charge is 2.22. The third-order valence-electron chi connectivity index (χ3n) is 3.46. The van der Waals surface area contributed by atoms with Crippen molar-refractivity contribution in [3.63, 3.8) is 0 Å². The van der Waals surface area contributed by atoms with Crippen LogP contribution in [0.5, 0.6) is 0 Å². The van der Waals surface area contributed by atoms with Gasteiger partial charge in [0.1, 0.15) is 10.4 Å². The molecule has 1 amide bonds. The maximum Gasteiger partial charge on any atom is 0.255 e. The number of amides is 1. The third kappa shape index (κ3) is 3.06. The highest BCUT2D eigenvalue weighted by molar-refractivity contribution is 9.10. The molecule has 7 nitrogen and oxygen atoms in total. The lowest BCUT2D eigenvalue weighted by Gasteiger charge is -2.10. The number of nitrogens with zero attached hydrogens (tertiary/aromatic N) is 2. The van der Waals surface area contributed by atoms with E-state index < -0.39 is 0 Å². The number of nitrogens with one attached hydrogen (secondary N) is 3. The molecule has 21 heavy (non-hydrogen) atoms. The molecule has 0 aliphatic carbocycles. The van der Waals surface area contributed by atoms with Gasteiger partial charge in [0.2, 0.25) is 0 Å². The van der Waals surface area contributed by atoms with E-state index in [9.17, 15) is 4.79 Å². The molecule has 2 aromatic rings. The van der Waals surface area contributed by atoms with Crippen LogP contribution in [0.4, 0.5) is 11.5 Å². The zero-order chi connectivity index (χ0) is 14.8. The summed E-state index contributed by atoms with van der Waals surface area (Å²) in [5, 5.41) is 13.2. The van der Waals surface area contributed by atoms with Crippen molar-refractivity contribution < 1.29 is 4.79 Å². The highest BCUT2D eigenvalue weighted by Crippen LogP contribution is 2.27. The van der Waals surface area contributed by atoms with Gasteiger partial charge in [0.25, 0.3) is 5.91 Å². The van der Waals surface area contributed by atoms with Crippen LogP contribution >= 0.6 is 15.9 Å². The number of halogens is 1. The molecule has 0 radical (unpaired) electrons. The average molecular weight is 351 g/mol. The molecule has 1 unspecified atom stereocenters. The van der Waals surface area contributed by atoms with Crippen LogP contribution in [0.15, 0.2) is 22.9 Å². The Bertz CT molecular complexity index is 644. The summed E-state index contributed by atoms with van der Waals surface area (Å²) in [6.45, 7) is 1.86. The van der Waals surface area contributed by atoms with E-state index in [1.165, 1.54) is 6.07 Å². The lowest BCUT2D eigenvalue weighted by Crippen LogP contribution is -2.15. The number of carbonyl (C=O) groups is 1. The zero-order valence-electron chi connectivity index (χ0n) is 11.2. The largest absolute Gasteiger partial charge is 0.384 e. The van der Waals surface area contributed by atoms with Crippen molar-refractivity contribution in [3.05, 3.63) is 34.2 Å². The Morgan fingerprint density at radius 2 is 2.33 bits per heavy atom. The molecule has 2 aromatic heterocycles. The topological polar surface area (TPSA) is 109 Å². The van der Waals surface area contributed by atoms with Crippen molar-refractivity contribution in [2.75, 3.05) is 24.1 Å². The van der Waals surface area contributed by atoms with Gasteiger partial charge in [0.15, 0.2) is 0 Å². The highest BCUT2D eigenvalue weighted by atomic mass is 79.9. The first-order chi connectivity index (χ1) is 10.1. The Hall–Kier alpha value is -1.93. The first kappa shape index (κ1) is 14.0. The molecule has 1 aliphatic heterocycles. The zero-order valence-corrected chi connectivity index (χ0v) is 12.8. The Morgan fingerprint density at radius 3 is 3.05 bits per heavy atom. The minimum atomic E-state index is -0.238. The fraction of sp³-hybridized carbons (Fsp3) is 0.308. The number of rotatable bonds is 3. The summed E-state index contributed by atoms with van der Waals surface area (Å²) in [5.74, 6) is 0.400. The van der Waals surface area contributed by atoms with Crippen molar-refractivity contribution in [1.29, 1.82) is 0 Å². The SMILES string of the molecule is Nc1cc(C(=O)Nc2cn[nH]c2C2CCNC2)cc(Br)n1. The van der Waals surface area contributed by atoms with Crippen LogP contribution in [0.25, 0.3) is 0 Å². The maximum atomic E-state index is 12.3. The Labute approximate surface area is 129 Å². The van der Waals surface area contributed by atoms with Gasteiger partial charge < -0.3 is 16.4 Å². The standard InChI is InChI=1S/C13H15BrN6O/c14-10-3-8(4-11(15)19-10)13(21)18-9-6-17-20-12(9)7-1-2-16-5-7/h3-4,6-7,16H,1-2,5H2,(H2,15,19)(H,17,20)(H,18,21). The van der Waals surface area contributed by atoms with Crippen molar-refractivity contribution in [2.45, 2.75) is 12.3 Å². The molecule has 1 aliphatic rings. The molecule has 5 N–H and O–H groups in total. The number of pyridine rings is 1. The molecule has 110 valence electrons. The molecule has 3 heterocycles. The van der Waals surface area contributed by atoms with Gasteiger partial charge in [-0.1, -0.05) is 0 Å². The lowest BCUT2D eigenvalue weighted by molar-refractivity contribution is 0.102. The molecule has 3 rings (SSSR count). The van der Waals surface area contributed by atoms with E-state index in [1.54, 1.807) is 12.3 Å². The van der Waals surface area contributed by atoms with E-state index in [0.717, 1.165) is 25.2 Å². The van der Waals surface area contributed by atoms with E-state index >= 15 is 0 Å². The smallest absolute Gasteiger partial charge is 0.255 e. The van der Waals surface area contributed by atoms with Crippen LogP contribution in [0.1, 0.15) is 28.4 Å². The second kappa shape index (κ2) is 5.82. The summed E-state index contributed by atoms with van der Waals surface area (Å²) in [7, 11) is 0. The van der Waals surface area contributed by atoms with Crippen LogP contribution in [0, 0.1) is 0 Å². The molecule has 0 spiro atoms. The van der Waals surface area contributed by atoms with E-state index in [2.05, 4.69) is 41.7 Å². The second-order valence-electron chi connectivity index (χ2n) is 4.94. The summed E-state index contributed by atoms with van der Waals surface area (Å²) in [6.07, 6.45) is 2.66. The number of hydrogen-bond acceptors (Lipinski definition) is 5. The van der Waals surface area contributed by atoms with E-state index in [0.29, 0.717) is 27.6 Å². The van der Waals surface area contributed by atoms with Gasteiger partial charge in [-0.2, -0.15) is 5.10 Å². The fourth-order valence-electron chi connectivity index (χ4n) is 2.45. The summed E-state index contributed by atoms with van der Waals surface area (Å²) in [4.78, 5) is 16.3. The monoisotopic (exact) mass is 350 g/mol. The van der Waals surface area contributed by atoms with Gasteiger partial charge in [-0.3, -0.25) is 9.89 Å². The molecular weight excluding hydrogens is 336 g/mol. The molecule has 1 fully saturated rings. The maximum absolute atomic E-state index is 12.3. The Balaban J connectivity index is 1.80. The Morgan fingerprint density at radius 1 is 1.48 bits per heavy atom. The number of anilines is 2. The predicted molar refractivity (Wildman–Crippen MR) is 83.1 cm³/mol. The normalized spacial score (nSPS) is 17.9. The third-order valence-corrected chi connectivity index (χ3v) is 3.87. The number of H-pyrrole nitrogens is 1. The fourth-order valence-corrected chi connectivity index (χ4v) is 2.90. The summed E-state index contributed by atoms with van der Waals surface area (Å²) >= 11 is 3.23. The number of carbonyl (C=O) groups excluding carboxylic acids is 1. The van der Waals surface area contributed by atoms with Gasteiger partial charge >= 0.3 is 0 Å². The Kier molecular flexibility index (Phi) is 3.89. The van der Waals surface area contributed by atoms with Crippen molar-refractivity contribution in [2.24, 2.45) is 0 Å². The minimum Gasteiger partial charge on any atom is -0.384 e.